The Hall–Kier alpha value is -0.680. The number of hydrogen-bond acceptors (Lipinski definition) is 3. The molecule has 1 saturated carbocycles. The van der Waals surface area contributed by atoms with Crippen LogP contribution in [-0.4, -0.2) is 22.1 Å². The molecule has 1 aliphatic rings. The number of hydrogen-bond donors (Lipinski definition) is 1. The Morgan fingerprint density at radius 1 is 1.56 bits per heavy atom. The molecule has 0 amide bonds. The van der Waals surface area contributed by atoms with Crippen LogP contribution in [0.5, 0.6) is 0 Å². The molecule has 100 valence electrons. The van der Waals surface area contributed by atoms with E-state index < -0.39 is 0 Å². The molecular formula is C13H20BrN3O. The Kier molecular flexibility index (Phi) is 4.56. The second-order valence-electron chi connectivity index (χ2n) is 4.91. The van der Waals surface area contributed by atoms with Crippen LogP contribution < -0.4 is 5.73 Å². The van der Waals surface area contributed by atoms with E-state index in [4.69, 9.17) is 5.73 Å². The number of aromatic nitrogens is 2. The summed E-state index contributed by atoms with van der Waals surface area (Å²) in [6.45, 7) is 3.32. The minimum Gasteiger partial charge on any atom is -0.330 e. The van der Waals surface area contributed by atoms with Crippen molar-refractivity contribution in [1.82, 2.24) is 9.78 Å². The highest BCUT2D eigenvalue weighted by Gasteiger charge is 2.33. The van der Waals surface area contributed by atoms with E-state index in [0.29, 0.717) is 24.7 Å². The summed E-state index contributed by atoms with van der Waals surface area (Å²) in [4.78, 5) is 12.7. The molecule has 1 aliphatic carbocycles. The zero-order valence-corrected chi connectivity index (χ0v) is 12.3. The van der Waals surface area contributed by atoms with Gasteiger partial charge in [0.1, 0.15) is 5.69 Å². The average Bonchev–Trinajstić information content (AvgIpc) is 2.79. The van der Waals surface area contributed by atoms with Crippen molar-refractivity contribution < 1.29 is 4.79 Å². The van der Waals surface area contributed by atoms with Crippen LogP contribution in [-0.2, 0) is 6.54 Å². The van der Waals surface area contributed by atoms with Crippen molar-refractivity contribution in [2.24, 2.45) is 17.6 Å². The maximum absolute atomic E-state index is 12.7. The molecule has 4 nitrogen and oxygen atoms in total. The monoisotopic (exact) mass is 313 g/mol. The summed E-state index contributed by atoms with van der Waals surface area (Å²) in [6.07, 6.45) is 6.06. The summed E-state index contributed by atoms with van der Waals surface area (Å²) >= 11 is 3.43. The number of carbonyl (C=O) groups excluding carboxylic acids is 1. The van der Waals surface area contributed by atoms with Crippen molar-refractivity contribution in [2.75, 3.05) is 6.54 Å². The van der Waals surface area contributed by atoms with Gasteiger partial charge in [0, 0.05) is 12.5 Å². The molecule has 0 aliphatic heterocycles. The first-order valence-corrected chi connectivity index (χ1v) is 7.43. The van der Waals surface area contributed by atoms with E-state index in [1.54, 1.807) is 10.9 Å². The Bertz CT molecular complexity index is 430. The van der Waals surface area contributed by atoms with Gasteiger partial charge in [0.25, 0.3) is 0 Å². The zero-order valence-electron chi connectivity index (χ0n) is 10.7. The number of ketones is 1. The molecule has 18 heavy (non-hydrogen) atoms. The highest BCUT2D eigenvalue weighted by Crippen LogP contribution is 2.33. The van der Waals surface area contributed by atoms with Crippen LogP contribution >= 0.6 is 15.9 Å². The third-order valence-corrected chi connectivity index (χ3v) is 4.46. The van der Waals surface area contributed by atoms with Gasteiger partial charge in [0.05, 0.1) is 10.7 Å². The zero-order chi connectivity index (χ0) is 13.1. The lowest BCUT2D eigenvalue weighted by molar-refractivity contribution is 0.0817. The standard InChI is InChI=1S/C13H20BrN3O/c1-2-17-12(11(14)8-16-17)13(18)10-6-4-3-5-9(10)7-15/h8-10H,2-7,15H2,1H3. The lowest BCUT2D eigenvalue weighted by Crippen LogP contribution is -2.33. The molecule has 2 unspecified atom stereocenters. The first-order chi connectivity index (χ1) is 8.69. The number of nitrogens with two attached hydrogens (primary N) is 1. The number of carbonyl (C=O) groups is 1. The predicted molar refractivity (Wildman–Crippen MR) is 74.4 cm³/mol. The van der Waals surface area contributed by atoms with Gasteiger partial charge in [0.15, 0.2) is 5.78 Å². The predicted octanol–water partition coefficient (Wildman–Crippen LogP) is 2.61. The van der Waals surface area contributed by atoms with Gasteiger partial charge in [-0.1, -0.05) is 12.8 Å². The molecule has 1 aromatic heterocycles. The number of nitrogens with zero attached hydrogens (tertiary/aromatic N) is 2. The van der Waals surface area contributed by atoms with Gasteiger partial charge in [0.2, 0.25) is 0 Å². The molecule has 2 rings (SSSR count). The van der Waals surface area contributed by atoms with Crippen LogP contribution in [0.2, 0.25) is 0 Å². The summed E-state index contributed by atoms with van der Waals surface area (Å²) in [5.41, 5.74) is 6.52. The molecule has 1 aromatic rings. The summed E-state index contributed by atoms with van der Waals surface area (Å²) in [7, 11) is 0. The lowest BCUT2D eigenvalue weighted by Gasteiger charge is -2.29. The number of Topliss-reactive ketones (excluding diaryl/α,β-unsaturated/α-hetero) is 1. The number of halogens is 1. The Morgan fingerprint density at radius 2 is 2.28 bits per heavy atom. The Balaban J connectivity index is 2.26. The van der Waals surface area contributed by atoms with E-state index in [1.165, 1.54) is 6.42 Å². The van der Waals surface area contributed by atoms with Gasteiger partial charge in [-0.25, -0.2) is 0 Å². The molecule has 2 atom stereocenters. The number of aryl methyl sites for hydroxylation is 1. The fourth-order valence-electron chi connectivity index (χ4n) is 2.86. The summed E-state index contributed by atoms with van der Waals surface area (Å²) in [5, 5.41) is 4.22. The fraction of sp³-hybridized carbons (Fsp3) is 0.692. The minimum absolute atomic E-state index is 0.0713. The van der Waals surface area contributed by atoms with E-state index in [9.17, 15) is 4.79 Å². The van der Waals surface area contributed by atoms with Crippen molar-refractivity contribution in [2.45, 2.75) is 39.2 Å². The average molecular weight is 314 g/mol. The lowest BCUT2D eigenvalue weighted by atomic mass is 9.76. The van der Waals surface area contributed by atoms with Gasteiger partial charge in [-0.3, -0.25) is 9.48 Å². The molecular weight excluding hydrogens is 294 g/mol. The Labute approximate surface area is 116 Å². The number of rotatable bonds is 4. The van der Waals surface area contributed by atoms with Gasteiger partial charge >= 0.3 is 0 Å². The first-order valence-electron chi connectivity index (χ1n) is 6.64. The van der Waals surface area contributed by atoms with Crippen LogP contribution in [0, 0.1) is 11.8 Å². The molecule has 1 fully saturated rings. The van der Waals surface area contributed by atoms with Crippen LogP contribution in [0.15, 0.2) is 10.7 Å². The third-order valence-electron chi connectivity index (χ3n) is 3.88. The highest BCUT2D eigenvalue weighted by molar-refractivity contribution is 9.10. The minimum atomic E-state index is 0.0713. The molecule has 1 heterocycles. The van der Waals surface area contributed by atoms with Crippen molar-refractivity contribution in [3.8, 4) is 0 Å². The molecule has 0 spiro atoms. The van der Waals surface area contributed by atoms with Gasteiger partial charge in [-0.2, -0.15) is 5.10 Å². The SMILES string of the molecule is CCn1ncc(Br)c1C(=O)C1CCCCC1CN. The van der Waals surface area contributed by atoms with Gasteiger partial charge in [-0.05, 0) is 48.2 Å². The van der Waals surface area contributed by atoms with Crippen molar-refractivity contribution in [3.05, 3.63) is 16.4 Å². The van der Waals surface area contributed by atoms with Crippen LogP contribution in [0.4, 0.5) is 0 Å². The van der Waals surface area contributed by atoms with Crippen LogP contribution in [0.3, 0.4) is 0 Å². The van der Waals surface area contributed by atoms with Gasteiger partial charge in [-0.15, -0.1) is 0 Å². The fourth-order valence-corrected chi connectivity index (χ4v) is 3.35. The van der Waals surface area contributed by atoms with E-state index in [1.807, 2.05) is 6.92 Å². The highest BCUT2D eigenvalue weighted by atomic mass is 79.9. The van der Waals surface area contributed by atoms with E-state index >= 15 is 0 Å². The molecule has 0 saturated heterocycles. The smallest absolute Gasteiger partial charge is 0.185 e. The third kappa shape index (κ3) is 2.52. The van der Waals surface area contributed by atoms with Gasteiger partial charge < -0.3 is 5.73 Å². The van der Waals surface area contributed by atoms with Crippen LogP contribution in [0.25, 0.3) is 0 Å². The Morgan fingerprint density at radius 3 is 2.94 bits per heavy atom. The summed E-state index contributed by atoms with van der Waals surface area (Å²) in [6, 6.07) is 0. The summed E-state index contributed by atoms with van der Waals surface area (Å²) < 4.78 is 2.57. The van der Waals surface area contributed by atoms with E-state index in [2.05, 4.69) is 21.0 Å². The topological polar surface area (TPSA) is 60.9 Å². The molecule has 2 N–H and O–H groups in total. The second-order valence-corrected chi connectivity index (χ2v) is 5.76. The van der Waals surface area contributed by atoms with Crippen molar-refractivity contribution in [1.29, 1.82) is 0 Å². The normalized spacial score (nSPS) is 24.2. The maximum atomic E-state index is 12.7. The van der Waals surface area contributed by atoms with Crippen molar-refractivity contribution >= 4 is 21.7 Å². The molecule has 0 bridgehead atoms. The van der Waals surface area contributed by atoms with Crippen LogP contribution in [0.1, 0.15) is 43.1 Å². The molecule has 0 radical (unpaired) electrons. The van der Waals surface area contributed by atoms with E-state index in [0.717, 1.165) is 23.7 Å². The summed E-state index contributed by atoms with van der Waals surface area (Å²) in [5.74, 6) is 0.608. The van der Waals surface area contributed by atoms with E-state index in [-0.39, 0.29) is 11.7 Å². The second kappa shape index (κ2) is 5.97. The molecule has 0 aromatic carbocycles. The molecule has 5 heteroatoms. The largest absolute Gasteiger partial charge is 0.330 e. The first kappa shape index (κ1) is 13.7. The quantitative estimate of drug-likeness (QED) is 0.869. The van der Waals surface area contributed by atoms with Crippen molar-refractivity contribution in [3.63, 3.8) is 0 Å². The maximum Gasteiger partial charge on any atom is 0.185 e.